The molecule has 2 fully saturated rings. The van der Waals surface area contributed by atoms with Crippen molar-refractivity contribution in [3.63, 3.8) is 0 Å². The SMILES string of the molecule is Cc1c(C(=O)N2CCC3(CC2)CC(Cn2cnc4ccccc42)OC3=O)ccn1C. The van der Waals surface area contributed by atoms with Crippen LogP contribution >= 0.6 is 0 Å². The van der Waals surface area contributed by atoms with Crippen molar-refractivity contribution in [1.82, 2.24) is 19.0 Å². The van der Waals surface area contributed by atoms with Gasteiger partial charge in [0, 0.05) is 38.4 Å². The first-order valence-electron chi connectivity index (χ1n) is 10.5. The third kappa shape index (κ3) is 3.00. The van der Waals surface area contributed by atoms with Gasteiger partial charge in [-0.25, -0.2) is 4.98 Å². The second kappa shape index (κ2) is 7.00. The fourth-order valence-electron chi connectivity index (χ4n) is 4.87. The van der Waals surface area contributed by atoms with Crippen molar-refractivity contribution in [2.45, 2.75) is 38.8 Å². The molecule has 3 aromatic rings. The Hall–Kier alpha value is -3.09. The number of ether oxygens (including phenoxy) is 1. The molecule has 0 N–H and O–H groups in total. The average molecular weight is 406 g/mol. The Labute approximate surface area is 175 Å². The minimum atomic E-state index is -0.469. The number of amides is 1. The van der Waals surface area contributed by atoms with Gasteiger partial charge in [0.25, 0.3) is 5.91 Å². The number of nitrogens with zero attached hydrogens (tertiary/aromatic N) is 4. The Morgan fingerprint density at radius 3 is 2.73 bits per heavy atom. The van der Waals surface area contributed by atoms with Crippen LogP contribution in [-0.4, -0.2) is 50.1 Å². The fraction of sp³-hybridized carbons (Fsp3) is 0.435. The number of benzene rings is 1. The highest BCUT2D eigenvalue weighted by Gasteiger charge is 2.51. The molecule has 1 atom stereocenters. The normalized spacial score (nSPS) is 20.8. The number of para-hydroxylation sites is 2. The first-order valence-corrected chi connectivity index (χ1v) is 10.5. The van der Waals surface area contributed by atoms with Gasteiger partial charge in [-0.2, -0.15) is 0 Å². The number of aromatic nitrogens is 3. The molecule has 1 spiro atoms. The van der Waals surface area contributed by atoms with E-state index in [4.69, 9.17) is 4.74 Å². The highest BCUT2D eigenvalue weighted by molar-refractivity contribution is 5.95. The van der Waals surface area contributed by atoms with Crippen molar-refractivity contribution >= 4 is 22.9 Å². The maximum absolute atomic E-state index is 12.9. The van der Waals surface area contributed by atoms with Crippen molar-refractivity contribution in [2.24, 2.45) is 12.5 Å². The summed E-state index contributed by atoms with van der Waals surface area (Å²) in [4.78, 5) is 32.0. The van der Waals surface area contributed by atoms with Gasteiger partial charge >= 0.3 is 5.97 Å². The van der Waals surface area contributed by atoms with E-state index in [0.29, 0.717) is 38.9 Å². The monoisotopic (exact) mass is 406 g/mol. The topological polar surface area (TPSA) is 69.4 Å². The molecule has 1 aromatic carbocycles. The van der Waals surface area contributed by atoms with Crippen molar-refractivity contribution in [2.75, 3.05) is 13.1 Å². The van der Waals surface area contributed by atoms with Gasteiger partial charge in [0.05, 0.1) is 34.9 Å². The fourth-order valence-corrected chi connectivity index (χ4v) is 4.87. The molecule has 2 saturated heterocycles. The van der Waals surface area contributed by atoms with Crippen molar-refractivity contribution < 1.29 is 14.3 Å². The van der Waals surface area contributed by atoms with Gasteiger partial charge in [-0.1, -0.05) is 12.1 Å². The number of cyclic esters (lactones) is 1. The van der Waals surface area contributed by atoms with Gasteiger partial charge in [-0.15, -0.1) is 0 Å². The molecule has 0 bridgehead atoms. The zero-order chi connectivity index (χ0) is 20.9. The summed E-state index contributed by atoms with van der Waals surface area (Å²) in [7, 11) is 1.94. The van der Waals surface area contributed by atoms with E-state index in [1.165, 1.54) is 0 Å². The number of piperidine rings is 1. The molecule has 156 valence electrons. The summed E-state index contributed by atoms with van der Waals surface area (Å²) >= 11 is 0. The van der Waals surface area contributed by atoms with E-state index in [1.54, 1.807) is 0 Å². The predicted octanol–water partition coefficient (Wildman–Crippen LogP) is 2.92. The van der Waals surface area contributed by atoms with Crippen LogP contribution in [0.25, 0.3) is 11.0 Å². The minimum absolute atomic E-state index is 0.0516. The molecule has 7 heteroatoms. The van der Waals surface area contributed by atoms with Gasteiger partial charge in [0.1, 0.15) is 6.10 Å². The molecule has 0 aliphatic carbocycles. The van der Waals surface area contributed by atoms with Crippen LogP contribution in [0, 0.1) is 12.3 Å². The second-order valence-corrected chi connectivity index (χ2v) is 8.62. The van der Waals surface area contributed by atoms with Gasteiger partial charge in [0.15, 0.2) is 0 Å². The number of carbonyl (C=O) groups excluding carboxylic acids is 2. The van der Waals surface area contributed by atoms with Gasteiger partial charge in [-0.05, 0) is 38.0 Å². The van der Waals surface area contributed by atoms with Crippen LogP contribution in [0.15, 0.2) is 42.9 Å². The van der Waals surface area contributed by atoms with Crippen molar-refractivity contribution in [1.29, 1.82) is 0 Å². The molecule has 1 unspecified atom stereocenters. The Balaban J connectivity index is 1.26. The van der Waals surface area contributed by atoms with Crippen molar-refractivity contribution in [3.05, 3.63) is 54.1 Å². The van der Waals surface area contributed by atoms with Crippen LogP contribution < -0.4 is 0 Å². The lowest BCUT2D eigenvalue weighted by molar-refractivity contribution is -0.150. The lowest BCUT2D eigenvalue weighted by Crippen LogP contribution is -2.45. The molecular weight excluding hydrogens is 380 g/mol. The lowest BCUT2D eigenvalue weighted by atomic mass is 9.76. The third-order valence-corrected chi connectivity index (χ3v) is 6.87. The molecule has 0 radical (unpaired) electrons. The van der Waals surface area contributed by atoms with E-state index >= 15 is 0 Å². The Bertz CT molecular complexity index is 1120. The number of aryl methyl sites for hydroxylation is 1. The molecular formula is C23H26N4O3. The number of hydrogen-bond donors (Lipinski definition) is 0. The standard InChI is InChI=1S/C23H26N4O3/c1-16-18(7-10-25(16)2)21(28)26-11-8-23(9-12-26)13-17(30-22(23)29)14-27-15-24-19-5-3-4-6-20(19)27/h3-7,10,15,17H,8-9,11-14H2,1-2H3. The molecule has 2 aliphatic heterocycles. The lowest BCUT2D eigenvalue weighted by Gasteiger charge is -2.36. The number of likely N-dealkylation sites (tertiary alicyclic amines) is 1. The summed E-state index contributed by atoms with van der Waals surface area (Å²) in [5.74, 6) is -0.0596. The van der Waals surface area contributed by atoms with E-state index < -0.39 is 5.41 Å². The molecule has 4 heterocycles. The minimum Gasteiger partial charge on any atom is -0.460 e. The Kier molecular flexibility index (Phi) is 4.41. The van der Waals surface area contributed by atoms with E-state index in [9.17, 15) is 9.59 Å². The van der Waals surface area contributed by atoms with Crippen LogP contribution in [-0.2, 0) is 23.1 Å². The number of carbonyl (C=O) groups is 2. The zero-order valence-corrected chi connectivity index (χ0v) is 17.4. The van der Waals surface area contributed by atoms with E-state index in [-0.39, 0.29) is 18.0 Å². The van der Waals surface area contributed by atoms with Crippen LogP contribution in [0.3, 0.4) is 0 Å². The third-order valence-electron chi connectivity index (χ3n) is 6.87. The highest BCUT2D eigenvalue weighted by Crippen LogP contribution is 2.43. The summed E-state index contributed by atoms with van der Waals surface area (Å²) in [6.45, 7) is 3.74. The zero-order valence-electron chi connectivity index (χ0n) is 17.4. The van der Waals surface area contributed by atoms with Crippen molar-refractivity contribution in [3.8, 4) is 0 Å². The number of esters is 1. The molecule has 30 heavy (non-hydrogen) atoms. The highest BCUT2D eigenvalue weighted by atomic mass is 16.6. The number of rotatable bonds is 3. The Morgan fingerprint density at radius 2 is 2.00 bits per heavy atom. The molecule has 7 nitrogen and oxygen atoms in total. The van der Waals surface area contributed by atoms with Crippen LogP contribution in [0.4, 0.5) is 0 Å². The number of fused-ring (bicyclic) bond motifs is 1. The summed E-state index contributed by atoms with van der Waals surface area (Å²) in [6.07, 6.45) is 5.58. The van der Waals surface area contributed by atoms with Crippen LogP contribution in [0.5, 0.6) is 0 Å². The summed E-state index contributed by atoms with van der Waals surface area (Å²) in [5.41, 5.74) is 3.23. The second-order valence-electron chi connectivity index (χ2n) is 8.62. The Morgan fingerprint density at radius 1 is 1.23 bits per heavy atom. The van der Waals surface area contributed by atoms with Crippen LogP contribution in [0.2, 0.25) is 0 Å². The van der Waals surface area contributed by atoms with Gasteiger partial charge < -0.3 is 18.8 Å². The smallest absolute Gasteiger partial charge is 0.312 e. The molecule has 0 saturated carbocycles. The largest absolute Gasteiger partial charge is 0.460 e. The first kappa shape index (κ1) is 18.9. The predicted molar refractivity (Wildman–Crippen MR) is 112 cm³/mol. The summed E-state index contributed by atoms with van der Waals surface area (Å²) < 4.78 is 9.80. The quantitative estimate of drug-likeness (QED) is 0.627. The van der Waals surface area contributed by atoms with Crippen LogP contribution in [0.1, 0.15) is 35.3 Å². The van der Waals surface area contributed by atoms with Gasteiger partial charge in [0.2, 0.25) is 0 Å². The maximum Gasteiger partial charge on any atom is 0.312 e. The van der Waals surface area contributed by atoms with E-state index in [1.807, 2.05) is 66.3 Å². The number of imidazole rings is 1. The molecule has 2 aromatic heterocycles. The number of hydrogen-bond acceptors (Lipinski definition) is 4. The molecule has 1 amide bonds. The molecule has 2 aliphatic rings. The molecule has 5 rings (SSSR count). The first-order chi connectivity index (χ1) is 14.5. The average Bonchev–Trinajstić information content (AvgIpc) is 3.40. The summed E-state index contributed by atoms with van der Waals surface area (Å²) in [5, 5.41) is 0. The van der Waals surface area contributed by atoms with Gasteiger partial charge in [-0.3, -0.25) is 9.59 Å². The summed E-state index contributed by atoms with van der Waals surface area (Å²) in [6, 6.07) is 9.84. The van der Waals surface area contributed by atoms with E-state index in [0.717, 1.165) is 22.3 Å². The maximum atomic E-state index is 12.9. The van der Waals surface area contributed by atoms with E-state index in [2.05, 4.69) is 9.55 Å².